The van der Waals surface area contributed by atoms with Crippen molar-refractivity contribution in [2.75, 3.05) is 25.5 Å². The Kier molecular flexibility index (Phi) is 9.73. The van der Waals surface area contributed by atoms with Crippen molar-refractivity contribution < 1.29 is 9.59 Å². The Bertz CT molecular complexity index is 1220. The number of anilines is 1. The highest BCUT2D eigenvalue weighted by Crippen LogP contribution is 2.23. The topological polar surface area (TPSA) is 117 Å². The van der Waals surface area contributed by atoms with Crippen LogP contribution in [0.2, 0.25) is 0 Å². The van der Waals surface area contributed by atoms with Gasteiger partial charge in [-0.1, -0.05) is 18.2 Å². The first-order chi connectivity index (χ1) is 17.6. The maximum absolute atomic E-state index is 12.6. The molecule has 3 N–H and O–H groups in total. The van der Waals surface area contributed by atoms with Crippen LogP contribution < -0.4 is 16.0 Å². The number of benzene rings is 2. The zero-order chi connectivity index (χ0) is 26.9. The molecule has 3 amide bonds. The van der Waals surface area contributed by atoms with E-state index in [0.29, 0.717) is 29.2 Å². The van der Waals surface area contributed by atoms with Crippen LogP contribution in [-0.2, 0) is 13.6 Å². The third-order valence-electron chi connectivity index (χ3n) is 6.03. The van der Waals surface area contributed by atoms with E-state index in [-0.39, 0.29) is 18.0 Å². The van der Waals surface area contributed by atoms with Gasteiger partial charge in [0.05, 0.1) is 0 Å². The first-order valence-electron chi connectivity index (χ1n) is 12.6. The van der Waals surface area contributed by atoms with Crippen molar-refractivity contribution in [3.8, 4) is 11.4 Å². The number of tetrazole rings is 1. The van der Waals surface area contributed by atoms with Crippen LogP contribution in [0.4, 0.5) is 10.5 Å². The fourth-order valence-corrected chi connectivity index (χ4v) is 3.96. The van der Waals surface area contributed by atoms with Gasteiger partial charge in [-0.3, -0.25) is 4.79 Å². The van der Waals surface area contributed by atoms with Gasteiger partial charge in [0.25, 0.3) is 5.91 Å². The van der Waals surface area contributed by atoms with Crippen LogP contribution in [0.5, 0.6) is 0 Å². The maximum Gasteiger partial charge on any atom is 0.319 e. The number of aryl methyl sites for hydroxylation is 3. The molecule has 198 valence electrons. The van der Waals surface area contributed by atoms with E-state index in [0.717, 1.165) is 25.9 Å². The lowest BCUT2D eigenvalue weighted by atomic mass is 10.1. The molecule has 0 bridgehead atoms. The third kappa shape index (κ3) is 8.38. The van der Waals surface area contributed by atoms with E-state index in [1.807, 2.05) is 13.8 Å². The monoisotopic (exact) mass is 506 g/mol. The largest absolute Gasteiger partial charge is 0.350 e. The minimum absolute atomic E-state index is 0.0209. The molecular formula is C27H38N8O2. The molecule has 0 aliphatic carbocycles. The molecule has 0 saturated heterocycles. The zero-order valence-electron chi connectivity index (χ0n) is 22.6. The molecule has 0 saturated carbocycles. The van der Waals surface area contributed by atoms with E-state index in [4.69, 9.17) is 0 Å². The van der Waals surface area contributed by atoms with E-state index >= 15 is 0 Å². The molecule has 0 radical (unpaired) electrons. The quantitative estimate of drug-likeness (QED) is 0.342. The van der Waals surface area contributed by atoms with Crippen LogP contribution in [0.1, 0.15) is 53.7 Å². The Hall–Kier alpha value is -3.79. The van der Waals surface area contributed by atoms with Gasteiger partial charge >= 0.3 is 6.03 Å². The number of aromatic nitrogens is 4. The summed E-state index contributed by atoms with van der Waals surface area (Å²) < 4.78 is 1.51. The second kappa shape index (κ2) is 13.0. The van der Waals surface area contributed by atoms with E-state index in [1.165, 1.54) is 21.4 Å². The second-order valence-corrected chi connectivity index (χ2v) is 9.80. The van der Waals surface area contributed by atoms with E-state index in [2.05, 4.69) is 75.5 Å². The molecule has 10 nitrogen and oxygen atoms in total. The van der Waals surface area contributed by atoms with Crippen molar-refractivity contribution in [3.05, 3.63) is 58.7 Å². The van der Waals surface area contributed by atoms with Gasteiger partial charge < -0.3 is 20.9 Å². The lowest BCUT2D eigenvalue weighted by Gasteiger charge is -2.17. The minimum Gasteiger partial charge on any atom is -0.350 e. The number of amides is 3. The Labute approximate surface area is 218 Å². The van der Waals surface area contributed by atoms with Gasteiger partial charge in [-0.05, 0) is 99.4 Å². The fourth-order valence-electron chi connectivity index (χ4n) is 3.96. The average molecular weight is 507 g/mol. The summed E-state index contributed by atoms with van der Waals surface area (Å²) in [7, 11) is 3.83. The summed E-state index contributed by atoms with van der Waals surface area (Å²) in [5.74, 6) is 0.257. The molecule has 0 atom stereocenters. The third-order valence-corrected chi connectivity index (χ3v) is 6.03. The second-order valence-electron chi connectivity index (χ2n) is 9.80. The molecule has 3 aromatic rings. The molecule has 37 heavy (non-hydrogen) atoms. The lowest BCUT2D eigenvalue weighted by Crippen LogP contribution is -2.31. The smallest absolute Gasteiger partial charge is 0.319 e. The van der Waals surface area contributed by atoms with Crippen LogP contribution in [0, 0.1) is 13.8 Å². The highest BCUT2D eigenvalue weighted by atomic mass is 16.2. The normalized spacial score (nSPS) is 11.1. The van der Waals surface area contributed by atoms with Crippen molar-refractivity contribution in [1.29, 1.82) is 0 Å². The van der Waals surface area contributed by atoms with E-state index in [1.54, 1.807) is 25.2 Å². The Balaban J connectivity index is 1.51. The minimum atomic E-state index is -0.327. The molecule has 0 aliphatic rings. The summed E-state index contributed by atoms with van der Waals surface area (Å²) in [6, 6.07) is 11.3. The van der Waals surface area contributed by atoms with Gasteiger partial charge in [0.1, 0.15) is 0 Å². The molecule has 1 heterocycles. The molecule has 1 aromatic heterocycles. The van der Waals surface area contributed by atoms with Gasteiger partial charge in [0.15, 0.2) is 5.82 Å². The molecule has 0 aliphatic heterocycles. The number of unbranched alkanes of at least 4 members (excludes halogenated alkanes) is 1. The lowest BCUT2D eigenvalue weighted by molar-refractivity contribution is 0.0943. The summed E-state index contributed by atoms with van der Waals surface area (Å²) in [5.41, 5.74) is 5.46. The molecule has 0 unspecified atom stereocenters. The number of hydrogen-bond donors (Lipinski definition) is 3. The van der Waals surface area contributed by atoms with Crippen LogP contribution in [0.3, 0.4) is 0 Å². The number of carbonyl (C=O) groups excluding carboxylic acids is 2. The SMILES string of the molecule is Cc1ccc(CN(C)CCCCNC(=O)Nc2cc(C(=O)NC(C)C)cc(-c3nnnn3C)c2)cc1C. The summed E-state index contributed by atoms with van der Waals surface area (Å²) in [5, 5.41) is 20.2. The first kappa shape index (κ1) is 27.8. The van der Waals surface area contributed by atoms with E-state index < -0.39 is 0 Å². The first-order valence-corrected chi connectivity index (χ1v) is 12.6. The predicted octanol–water partition coefficient (Wildman–Crippen LogP) is 3.67. The zero-order valence-corrected chi connectivity index (χ0v) is 22.6. The van der Waals surface area contributed by atoms with Crippen LogP contribution >= 0.6 is 0 Å². The van der Waals surface area contributed by atoms with E-state index in [9.17, 15) is 9.59 Å². The molecular weight excluding hydrogens is 468 g/mol. The summed E-state index contributed by atoms with van der Waals surface area (Å²) in [6.07, 6.45) is 1.83. The Morgan fingerprint density at radius 3 is 2.51 bits per heavy atom. The molecule has 0 spiro atoms. The molecule has 2 aromatic carbocycles. The predicted molar refractivity (Wildman–Crippen MR) is 145 cm³/mol. The van der Waals surface area contributed by atoms with Crippen molar-refractivity contribution in [2.45, 2.75) is 53.1 Å². The van der Waals surface area contributed by atoms with Crippen molar-refractivity contribution >= 4 is 17.6 Å². The van der Waals surface area contributed by atoms with Crippen LogP contribution in [-0.4, -0.2) is 63.2 Å². The van der Waals surface area contributed by atoms with Gasteiger partial charge in [0, 0.05) is 43.0 Å². The van der Waals surface area contributed by atoms with Crippen molar-refractivity contribution in [1.82, 2.24) is 35.7 Å². The van der Waals surface area contributed by atoms with Gasteiger partial charge in [-0.25, -0.2) is 9.48 Å². The number of hydrogen-bond acceptors (Lipinski definition) is 6. The average Bonchev–Trinajstić information content (AvgIpc) is 3.26. The number of urea groups is 1. The van der Waals surface area contributed by atoms with Crippen molar-refractivity contribution in [3.63, 3.8) is 0 Å². The van der Waals surface area contributed by atoms with Crippen molar-refractivity contribution in [2.24, 2.45) is 7.05 Å². The molecule has 0 fully saturated rings. The highest BCUT2D eigenvalue weighted by Gasteiger charge is 2.15. The maximum atomic E-state index is 12.6. The fraction of sp³-hybridized carbons (Fsp3) is 0.444. The van der Waals surface area contributed by atoms with Gasteiger partial charge in [-0.2, -0.15) is 0 Å². The van der Waals surface area contributed by atoms with Gasteiger partial charge in [-0.15, -0.1) is 5.10 Å². The Morgan fingerprint density at radius 2 is 1.84 bits per heavy atom. The number of nitrogens with zero attached hydrogens (tertiary/aromatic N) is 5. The standard InChI is InChI=1S/C27H38N8O2/c1-18(2)29-26(36)23-14-22(25-31-32-33-35(25)6)15-24(16-23)30-27(37)28-11-7-8-12-34(5)17-21-10-9-19(3)20(4)13-21/h9-10,13-16,18H,7-8,11-12,17H2,1-6H3,(H,29,36)(H2,28,30,37). The number of nitrogens with one attached hydrogen (secondary N) is 3. The number of rotatable bonds is 11. The molecule has 3 rings (SSSR count). The summed E-state index contributed by atoms with van der Waals surface area (Å²) in [4.78, 5) is 27.5. The summed E-state index contributed by atoms with van der Waals surface area (Å²) in [6.45, 7) is 10.4. The number of carbonyl (C=O) groups is 2. The summed E-state index contributed by atoms with van der Waals surface area (Å²) >= 11 is 0. The molecule has 10 heteroatoms. The highest BCUT2D eigenvalue weighted by molar-refractivity contribution is 5.98. The van der Waals surface area contributed by atoms with Crippen LogP contribution in [0.15, 0.2) is 36.4 Å². The van der Waals surface area contributed by atoms with Crippen LogP contribution in [0.25, 0.3) is 11.4 Å². The Morgan fingerprint density at radius 1 is 1.05 bits per heavy atom. The van der Waals surface area contributed by atoms with Gasteiger partial charge in [0.2, 0.25) is 0 Å².